The molecule has 1 heterocycles. The van der Waals surface area contributed by atoms with E-state index in [4.69, 9.17) is 0 Å². The molecule has 0 amide bonds. The molecule has 56 heavy (non-hydrogen) atoms. The first-order valence-corrected chi connectivity index (χ1v) is 22.7. The molecule has 5 nitrogen and oxygen atoms in total. The van der Waals surface area contributed by atoms with E-state index in [-0.39, 0.29) is 16.4 Å². The first-order valence-electron chi connectivity index (χ1n) is 22.7. The number of piperidine rings is 1. The van der Waals surface area contributed by atoms with Gasteiger partial charge in [0.05, 0.1) is 5.56 Å². The molecule has 7 aliphatic rings. The van der Waals surface area contributed by atoms with Gasteiger partial charge in [-0.1, -0.05) is 95.3 Å². The van der Waals surface area contributed by atoms with Gasteiger partial charge in [0.1, 0.15) is 0 Å². The Balaban J connectivity index is 0.901. The molecule has 1 aliphatic heterocycles. The van der Waals surface area contributed by atoms with Crippen molar-refractivity contribution in [2.24, 2.45) is 63.1 Å². The number of rotatable bonds is 11. The smallest absolute Gasteiger partial charge is 0.335 e. The topological polar surface area (TPSA) is 64.6 Å². The third kappa shape index (κ3) is 5.97. The number of nitrogens with one attached hydrogen (secondary N) is 2. The predicted molar refractivity (Wildman–Crippen MR) is 229 cm³/mol. The molecule has 302 valence electrons. The van der Waals surface area contributed by atoms with Crippen LogP contribution >= 0.6 is 0 Å². The normalized spacial score (nSPS) is 42.1. The van der Waals surface area contributed by atoms with Gasteiger partial charge in [-0.15, -0.1) is 0 Å². The molecule has 9 rings (SSSR count). The summed E-state index contributed by atoms with van der Waals surface area (Å²) < 4.78 is 0. The molecule has 6 aliphatic carbocycles. The van der Waals surface area contributed by atoms with Crippen molar-refractivity contribution in [2.45, 2.75) is 124 Å². The van der Waals surface area contributed by atoms with Gasteiger partial charge >= 0.3 is 5.97 Å². The molecular formula is C51H71N3O2. The Kier molecular flexibility index (Phi) is 9.65. The third-order valence-corrected chi connectivity index (χ3v) is 18.9. The Labute approximate surface area is 338 Å². The molecule has 0 aromatic heterocycles. The first kappa shape index (κ1) is 38.8. The minimum absolute atomic E-state index is 0.0330. The fourth-order valence-electron chi connectivity index (χ4n) is 15.9. The van der Waals surface area contributed by atoms with E-state index in [1.165, 1.54) is 86.6 Å². The van der Waals surface area contributed by atoms with Gasteiger partial charge < -0.3 is 15.7 Å². The van der Waals surface area contributed by atoms with Crippen molar-refractivity contribution in [3.63, 3.8) is 0 Å². The van der Waals surface area contributed by atoms with Gasteiger partial charge in [0.2, 0.25) is 0 Å². The van der Waals surface area contributed by atoms with Crippen LogP contribution in [-0.4, -0.2) is 53.7 Å². The van der Waals surface area contributed by atoms with Gasteiger partial charge in [0, 0.05) is 44.3 Å². The van der Waals surface area contributed by atoms with Crippen molar-refractivity contribution >= 4 is 11.5 Å². The SMILES string of the molecule is C=C(C)[C@@H]1CC[C@]2(NCCNC[C@@H]3C4C[C@H]4CN3Cc3ccccc3)CC[C@]3(C)[C@H](CC[C@@H]4[C@@]5(C)CC=C(c6ccc(C(=O)O)cc6)C(C)(C)[C@@H]5CC[C@]43C)[C@@H]12. The van der Waals surface area contributed by atoms with E-state index in [1.54, 1.807) is 12.1 Å². The Bertz CT molecular complexity index is 1850. The molecule has 6 fully saturated rings. The van der Waals surface area contributed by atoms with Crippen molar-refractivity contribution in [1.82, 2.24) is 15.5 Å². The number of carboxylic acid groups (broad SMARTS) is 1. The summed E-state index contributed by atoms with van der Waals surface area (Å²) in [6.07, 6.45) is 15.7. The number of nitrogens with zero attached hydrogens (tertiary/aromatic N) is 1. The van der Waals surface area contributed by atoms with Crippen LogP contribution in [0.15, 0.2) is 72.8 Å². The Hall–Kier alpha value is -2.73. The predicted octanol–water partition coefficient (Wildman–Crippen LogP) is 10.5. The Morgan fingerprint density at radius 1 is 0.875 bits per heavy atom. The summed E-state index contributed by atoms with van der Waals surface area (Å²) in [5, 5.41) is 17.9. The summed E-state index contributed by atoms with van der Waals surface area (Å²) in [5.74, 6) is 4.31. The minimum Gasteiger partial charge on any atom is -0.478 e. The Morgan fingerprint density at radius 2 is 1.64 bits per heavy atom. The zero-order valence-corrected chi connectivity index (χ0v) is 35.5. The Morgan fingerprint density at radius 3 is 2.38 bits per heavy atom. The standard InChI is InChI=1S/C51H71N3O2/c1-33(2)38-19-24-51(53-28-27-52-30-42-39-29-37(39)32-54(42)31-34-11-9-8-10-12-34)26-25-49(6)41(45(38)51)17-18-44-48(5)22-20-40(35-13-15-36(16-14-35)46(55)56)47(3,4)43(48)21-23-50(44,49)7/h8-16,20,37-39,41-45,52-53H,1,17-19,21-32H2,2-7H3,(H,55,56)/t37-,38-,39?,41+,42+,43-,44+,45+,48-,49+,50+,51-/m0/s1. The molecule has 5 saturated carbocycles. The average Bonchev–Trinajstić information content (AvgIpc) is 3.69. The number of hydrogen-bond acceptors (Lipinski definition) is 4. The number of aromatic carboxylic acids is 1. The molecule has 2 aromatic rings. The number of carbonyl (C=O) groups is 1. The van der Waals surface area contributed by atoms with Crippen molar-refractivity contribution in [2.75, 3.05) is 26.2 Å². The van der Waals surface area contributed by atoms with E-state index in [0.717, 1.165) is 50.4 Å². The lowest BCUT2D eigenvalue weighted by molar-refractivity contribution is -0.219. The van der Waals surface area contributed by atoms with Gasteiger partial charge in [-0.2, -0.15) is 0 Å². The van der Waals surface area contributed by atoms with Crippen LogP contribution in [0, 0.1) is 63.1 Å². The molecule has 12 atom stereocenters. The molecular weight excluding hydrogens is 687 g/mol. The second-order valence-corrected chi connectivity index (χ2v) is 21.5. The van der Waals surface area contributed by atoms with Crippen LogP contribution in [0.5, 0.6) is 0 Å². The summed E-state index contributed by atoms with van der Waals surface area (Å²) in [6, 6.07) is 19.4. The van der Waals surface area contributed by atoms with Crippen molar-refractivity contribution in [3.05, 3.63) is 89.5 Å². The van der Waals surface area contributed by atoms with E-state index in [2.05, 4.69) is 112 Å². The van der Waals surface area contributed by atoms with Crippen LogP contribution in [0.3, 0.4) is 0 Å². The van der Waals surface area contributed by atoms with Crippen LogP contribution in [0.25, 0.3) is 5.57 Å². The quantitative estimate of drug-likeness (QED) is 0.157. The highest BCUT2D eigenvalue weighted by Gasteiger charge is 2.70. The monoisotopic (exact) mass is 758 g/mol. The fourth-order valence-corrected chi connectivity index (χ4v) is 15.9. The molecule has 3 N–H and O–H groups in total. The average molecular weight is 758 g/mol. The first-order chi connectivity index (χ1) is 26.7. The minimum atomic E-state index is -0.853. The zero-order chi connectivity index (χ0) is 39.3. The number of benzene rings is 2. The van der Waals surface area contributed by atoms with Crippen LogP contribution in [0.4, 0.5) is 0 Å². The van der Waals surface area contributed by atoms with E-state index in [9.17, 15) is 9.90 Å². The molecule has 2 aromatic carbocycles. The summed E-state index contributed by atoms with van der Waals surface area (Å²) >= 11 is 0. The van der Waals surface area contributed by atoms with Gasteiger partial charge in [-0.25, -0.2) is 4.79 Å². The second-order valence-electron chi connectivity index (χ2n) is 21.5. The van der Waals surface area contributed by atoms with E-state index < -0.39 is 5.97 Å². The maximum Gasteiger partial charge on any atom is 0.335 e. The van der Waals surface area contributed by atoms with Crippen LogP contribution in [-0.2, 0) is 6.54 Å². The van der Waals surface area contributed by atoms with E-state index in [0.29, 0.717) is 46.1 Å². The fraction of sp³-hybridized carbons (Fsp3) is 0.667. The lowest BCUT2D eigenvalue weighted by atomic mass is 9.33. The molecule has 0 spiro atoms. The van der Waals surface area contributed by atoms with Gasteiger partial charge in [0.15, 0.2) is 0 Å². The van der Waals surface area contributed by atoms with Crippen LogP contribution in [0.2, 0.25) is 0 Å². The maximum absolute atomic E-state index is 11.6. The van der Waals surface area contributed by atoms with E-state index in [1.807, 2.05) is 0 Å². The number of hydrogen-bond donors (Lipinski definition) is 3. The zero-order valence-electron chi connectivity index (χ0n) is 35.5. The number of carboxylic acids is 1. The second kappa shape index (κ2) is 13.9. The van der Waals surface area contributed by atoms with Crippen molar-refractivity contribution in [1.29, 1.82) is 0 Å². The lowest BCUT2D eigenvalue weighted by Gasteiger charge is -2.72. The van der Waals surface area contributed by atoms with Crippen LogP contribution in [0.1, 0.15) is 127 Å². The number of likely N-dealkylation sites (tertiary alicyclic amines) is 1. The van der Waals surface area contributed by atoms with Gasteiger partial charge in [-0.05, 0) is 163 Å². The maximum atomic E-state index is 11.6. The highest BCUT2D eigenvalue weighted by molar-refractivity contribution is 5.88. The lowest BCUT2D eigenvalue weighted by Crippen LogP contribution is -2.68. The summed E-state index contributed by atoms with van der Waals surface area (Å²) in [5.41, 5.74) is 7.01. The summed E-state index contributed by atoms with van der Waals surface area (Å²) in [4.78, 5) is 14.4. The number of fused-ring (bicyclic) bond motifs is 8. The molecule has 1 unspecified atom stereocenters. The van der Waals surface area contributed by atoms with Crippen molar-refractivity contribution in [3.8, 4) is 0 Å². The third-order valence-electron chi connectivity index (χ3n) is 18.9. The molecule has 1 saturated heterocycles. The summed E-state index contributed by atoms with van der Waals surface area (Å²) in [6.45, 7) is 25.8. The van der Waals surface area contributed by atoms with E-state index >= 15 is 0 Å². The molecule has 5 heteroatoms. The summed E-state index contributed by atoms with van der Waals surface area (Å²) in [7, 11) is 0. The molecule has 0 bridgehead atoms. The van der Waals surface area contributed by atoms with Gasteiger partial charge in [-0.3, -0.25) is 4.90 Å². The van der Waals surface area contributed by atoms with Crippen LogP contribution < -0.4 is 10.6 Å². The highest BCUT2D eigenvalue weighted by atomic mass is 16.4. The van der Waals surface area contributed by atoms with Gasteiger partial charge in [0.25, 0.3) is 0 Å². The number of allylic oxidation sites excluding steroid dienone is 3. The largest absolute Gasteiger partial charge is 0.478 e. The highest BCUT2D eigenvalue weighted by Crippen LogP contribution is 2.76. The molecule has 0 radical (unpaired) electrons. The van der Waals surface area contributed by atoms with Crippen molar-refractivity contribution < 1.29 is 9.90 Å².